The number of thiazole rings is 1. The molecule has 2 aromatic heterocycles. The number of benzene rings is 1. The van der Waals surface area contributed by atoms with Gasteiger partial charge in [0.05, 0.1) is 23.5 Å². The van der Waals surface area contributed by atoms with Gasteiger partial charge in [-0.15, -0.1) is 11.3 Å². The molecule has 0 aliphatic heterocycles. The first-order valence-corrected chi connectivity index (χ1v) is 7.59. The van der Waals surface area contributed by atoms with Crippen LogP contribution in [0.15, 0.2) is 29.6 Å². The second-order valence-electron chi connectivity index (χ2n) is 4.27. The van der Waals surface area contributed by atoms with Crippen LogP contribution >= 0.6 is 34.5 Å². The largest absolute Gasteiger partial charge is 0.507 e. The Kier molecular flexibility index (Phi) is 3.80. The van der Waals surface area contributed by atoms with Crippen LogP contribution in [-0.4, -0.2) is 22.2 Å². The molecule has 0 saturated carbocycles. The Hall–Kier alpha value is -1.69. The topological polar surface area (TPSA) is 58.1 Å². The van der Waals surface area contributed by atoms with Gasteiger partial charge < -0.3 is 14.8 Å². The molecule has 108 valence electrons. The van der Waals surface area contributed by atoms with Crippen LogP contribution < -0.4 is 4.74 Å². The highest BCUT2D eigenvalue weighted by Crippen LogP contribution is 2.36. The average molecular weight is 341 g/mol. The first-order chi connectivity index (χ1) is 10.1. The number of nitrogens with one attached hydrogen (secondary N) is 1. The number of phenolic OH excluding ortho intramolecular Hbond substituents is 1. The van der Waals surface area contributed by atoms with Crippen molar-refractivity contribution in [1.82, 2.24) is 9.97 Å². The van der Waals surface area contributed by atoms with Crippen LogP contribution in [0.4, 0.5) is 0 Å². The first-order valence-electron chi connectivity index (χ1n) is 5.96. The standard InChI is InChI=1S/C14H10Cl2N2O2S/c1-20-7-2-3-12(19)8(4-7)11-6-21-14(18-11)10-5-9(15)13(16)17-10/h2-6,17,19H,1H3. The summed E-state index contributed by atoms with van der Waals surface area (Å²) in [5.74, 6) is 0.804. The highest BCUT2D eigenvalue weighted by Gasteiger charge is 2.13. The van der Waals surface area contributed by atoms with Crippen molar-refractivity contribution in [2.45, 2.75) is 0 Å². The van der Waals surface area contributed by atoms with E-state index in [-0.39, 0.29) is 5.75 Å². The van der Waals surface area contributed by atoms with Gasteiger partial charge >= 0.3 is 0 Å². The van der Waals surface area contributed by atoms with Gasteiger partial charge in [-0.2, -0.15) is 0 Å². The number of phenols is 1. The van der Waals surface area contributed by atoms with Crippen molar-refractivity contribution in [3.05, 3.63) is 39.8 Å². The van der Waals surface area contributed by atoms with E-state index in [1.54, 1.807) is 31.4 Å². The zero-order chi connectivity index (χ0) is 15.0. The lowest BCUT2D eigenvalue weighted by Gasteiger charge is -2.04. The van der Waals surface area contributed by atoms with E-state index in [0.29, 0.717) is 27.2 Å². The lowest BCUT2D eigenvalue weighted by atomic mass is 10.1. The molecule has 0 spiro atoms. The van der Waals surface area contributed by atoms with E-state index < -0.39 is 0 Å². The SMILES string of the molecule is COc1ccc(O)c(-c2csc(-c3cc(Cl)c(Cl)[nH]3)n2)c1. The van der Waals surface area contributed by atoms with E-state index in [1.165, 1.54) is 11.3 Å². The summed E-state index contributed by atoms with van der Waals surface area (Å²) in [5, 5.41) is 13.4. The van der Waals surface area contributed by atoms with Gasteiger partial charge in [0.2, 0.25) is 0 Å². The molecule has 7 heteroatoms. The lowest BCUT2D eigenvalue weighted by Crippen LogP contribution is -1.85. The molecule has 0 fully saturated rings. The summed E-state index contributed by atoms with van der Waals surface area (Å²) in [4.78, 5) is 7.45. The Bertz CT molecular complexity index is 779. The quantitative estimate of drug-likeness (QED) is 0.718. The van der Waals surface area contributed by atoms with E-state index in [2.05, 4.69) is 9.97 Å². The molecule has 2 heterocycles. The molecule has 0 aliphatic rings. The van der Waals surface area contributed by atoms with Crippen molar-refractivity contribution in [1.29, 1.82) is 0 Å². The van der Waals surface area contributed by atoms with E-state index in [0.717, 1.165) is 10.7 Å². The van der Waals surface area contributed by atoms with Gasteiger partial charge in [0.1, 0.15) is 21.7 Å². The van der Waals surface area contributed by atoms with Crippen LogP contribution in [0.3, 0.4) is 0 Å². The monoisotopic (exact) mass is 340 g/mol. The smallest absolute Gasteiger partial charge is 0.140 e. The Morgan fingerprint density at radius 2 is 2.10 bits per heavy atom. The average Bonchev–Trinajstić information content (AvgIpc) is 3.07. The minimum atomic E-state index is 0.148. The zero-order valence-electron chi connectivity index (χ0n) is 10.9. The van der Waals surface area contributed by atoms with Crippen molar-refractivity contribution in [3.63, 3.8) is 0 Å². The molecule has 0 aliphatic carbocycles. The number of H-pyrrole nitrogens is 1. The van der Waals surface area contributed by atoms with Gasteiger partial charge in [-0.1, -0.05) is 23.2 Å². The van der Waals surface area contributed by atoms with Gasteiger partial charge in [-0.05, 0) is 24.3 Å². The maximum atomic E-state index is 9.97. The van der Waals surface area contributed by atoms with Crippen LogP contribution in [0.5, 0.6) is 11.5 Å². The summed E-state index contributed by atoms with van der Waals surface area (Å²) in [7, 11) is 1.57. The third-order valence-electron chi connectivity index (χ3n) is 2.94. The molecule has 21 heavy (non-hydrogen) atoms. The Morgan fingerprint density at radius 1 is 1.29 bits per heavy atom. The zero-order valence-corrected chi connectivity index (χ0v) is 13.2. The van der Waals surface area contributed by atoms with Gasteiger partial charge in [0.25, 0.3) is 0 Å². The summed E-state index contributed by atoms with van der Waals surface area (Å²) in [6, 6.07) is 6.73. The third kappa shape index (κ3) is 2.72. The second-order valence-corrected chi connectivity index (χ2v) is 5.91. The first kappa shape index (κ1) is 14.3. The summed E-state index contributed by atoms with van der Waals surface area (Å²) < 4.78 is 5.17. The second kappa shape index (κ2) is 5.60. The molecule has 3 aromatic rings. The van der Waals surface area contributed by atoms with Crippen LogP contribution in [0.2, 0.25) is 10.2 Å². The number of ether oxygens (including phenoxy) is 1. The molecule has 0 atom stereocenters. The molecule has 0 saturated heterocycles. The number of aromatic amines is 1. The molecular formula is C14H10Cl2N2O2S. The Balaban J connectivity index is 2.02. The van der Waals surface area contributed by atoms with Gasteiger partial charge in [-0.3, -0.25) is 0 Å². The fourth-order valence-electron chi connectivity index (χ4n) is 1.89. The number of rotatable bonds is 3. The lowest BCUT2D eigenvalue weighted by molar-refractivity contribution is 0.412. The molecule has 1 aromatic carbocycles. The van der Waals surface area contributed by atoms with Crippen molar-refractivity contribution in [2.24, 2.45) is 0 Å². The van der Waals surface area contributed by atoms with Crippen LogP contribution in [-0.2, 0) is 0 Å². The molecule has 0 radical (unpaired) electrons. The van der Waals surface area contributed by atoms with Crippen molar-refractivity contribution < 1.29 is 9.84 Å². The Morgan fingerprint density at radius 3 is 2.76 bits per heavy atom. The van der Waals surface area contributed by atoms with Crippen molar-refractivity contribution >= 4 is 34.5 Å². The summed E-state index contributed by atoms with van der Waals surface area (Å²) in [6.07, 6.45) is 0. The predicted molar refractivity (Wildman–Crippen MR) is 85.6 cm³/mol. The molecule has 0 bridgehead atoms. The fraction of sp³-hybridized carbons (Fsp3) is 0.0714. The van der Waals surface area contributed by atoms with Gasteiger partial charge in [0.15, 0.2) is 0 Å². The number of aromatic hydroxyl groups is 1. The predicted octanol–water partition coefficient (Wildman–Crippen LogP) is 4.83. The van der Waals surface area contributed by atoms with Gasteiger partial charge in [0, 0.05) is 10.9 Å². The number of aromatic nitrogens is 2. The third-order valence-corrected chi connectivity index (χ3v) is 4.51. The van der Waals surface area contributed by atoms with E-state index >= 15 is 0 Å². The highest BCUT2D eigenvalue weighted by atomic mass is 35.5. The number of hydrogen-bond acceptors (Lipinski definition) is 4. The highest BCUT2D eigenvalue weighted by molar-refractivity contribution is 7.13. The van der Waals surface area contributed by atoms with Crippen molar-refractivity contribution in [2.75, 3.05) is 7.11 Å². The maximum Gasteiger partial charge on any atom is 0.140 e. The normalized spacial score (nSPS) is 10.8. The maximum absolute atomic E-state index is 9.97. The van der Waals surface area contributed by atoms with Crippen LogP contribution in [0, 0.1) is 0 Å². The molecular weight excluding hydrogens is 331 g/mol. The molecule has 0 amide bonds. The minimum absolute atomic E-state index is 0.148. The number of methoxy groups -OCH3 is 1. The van der Waals surface area contributed by atoms with E-state index in [9.17, 15) is 5.11 Å². The Labute approximate surface area is 134 Å². The molecule has 4 nitrogen and oxygen atoms in total. The number of hydrogen-bond donors (Lipinski definition) is 2. The van der Waals surface area contributed by atoms with E-state index in [1.807, 2.05) is 5.38 Å². The molecule has 2 N–H and O–H groups in total. The van der Waals surface area contributed by atoms with Crippen molar-refractivity contribution in [3.8, 4) is 33.5 Å². The minimum Gasteiger partial charge on any atom is -0.507 e. The summed E-state index contributed by atoms with van der Waals surface area (Å²) in [5.41, 5.74) is 2.01. The summed E-state index contributed by atoms with van der Waals surface area (Å²) >= 11 is 13.3. The molecule has 0 unspecified atom stereocenters. The summed E-state index contributed by atoms with van der Waals surface area (Å²) in [6.45, 7) is 0. The van der Waals surface area contributed by atoms with E-state index in [4.69, 9.17) is 27.9 Å². The van der Waals surface area contributed by atoms with Crippen LogP contribution in [0.1, 0.15) is 0 Å². The van der Waals surface area contributed by atoms with Crippen LogP contribution in [0.25, 0.3) is 22.0 Å². The van der Waals surface area contributed by atoms with Gasteiger partial charge in [-0.25, -0.2) is 4.98 Å². The number of nitrogens with zero attached hydrogens (tertiary/aromatic N) is 1. The number of halogens is 2. The fourth-order valence-corrected chi connectivity index (χ4v) is 2.99. The molecule has 3 rings (SSSR count).